The SMILES string of the molecule is CC(C)(C)c1ccccc1Oc1ncccc1NC(=O)Nc1ccc(O[C@H]2CCCN(Cc3ccccc3)C2)cc1. The van der Waals surface area contributed by atoms with Gasteiger partial charge in [0.2, 0.25) is 5.88 Å². The molecule has 1 aromatic heterocycles. The Kier molecular flexibility index (Phi) is 8.85. The number of amides is 2. The summed E-state index contributed by atoms with van der Waals surface area (Å²) in [5, 5.41) is 5.75. The second-order valence-electron chi connectivity index (χ2n) is 11.4. The number of nitrogens with one attached hydrogen (secondary N) is 2. The fourth-order valence-corrected chi connectivity index (χ4v) is 5.04. The molecule has 0 spiro atoms. The monoisotopic (exact) mass is 550 g/mol. The van der Waals surface area contributed by atoms with Gasteiger partial charge in [-0.15, -0.1) is 0 Å². The van der Waals surface area contributed by atoms with Crippen molar-refractivity contribution in [1.82, 2.24) is 9.88 Å². The number of ether oxygens (including phenoxy) is 2. The number of aromatic nitrogens is 1. The normalized spacial score (nSPS) is 15.6. The second-order valence-corrected chi connectivity index (χ2v) is 11.4. The predicted molar refractivity (Wildman–Crippen MR) is 164 cm³/mol. The number of nitrogens with zero attached hydrogens (tertiary/aromatic N) is 2. The maximum atomic E-state index is 12.9. The summed E-state index contributed by atoms with van der Waals surface area (Å²) in [6.07, 6.45) is 3.93. The van der Waals surface area contributed by atoms with E-state index in [0.29, 0.717) is 23.0 Å². The number of para-hydroxylation sites is 1. The number of hydrogen-bond donors (Lipinski definition) is 2. The van der Waals surface area contributed by atoms with E-state index in [4.69, 9.17) is 9.47 Å². The van der Waals surface area contributed by atoms with Crippen molar-refractivity contribution in [1.29, 1.82) is 0 Å². The number of anilines is 2. The summed E-state index contributed by atoms with van der Waals surface area (Å²) < 4.78 is 12.5. The zero-order chi connectivity index (χ0) is 28.7. The van der Waals surface area contributed by atoms with Gasteiger partial charge in [0.25, 0.3) is 0 Å². The Bertz CT molecular complexity index is 1430. The molecule has 212 valence electrons. The van der Waals surface area contributed by atoms with Gasteiger partial charge in [0.15, 0.2) is 0 Å². The largest absolute Gasteiger partial charge is 0.489 e. The van der Waals surface area contributed by atoms with Gasteiger partial charge >= 0.3 is 6.03 Å². The Morgan fingerprint density at radius 1 is 0.927 bits per heavy atom. The van der Waals surface area contributed by atoms with Crippen LogP contribution in [-0.4, -0.2) is 35.1 Å². The van der Waals surface area contributed by atoms with Crippen LogP contribution in [0.2, 0.25) is 0 Å². The molecule has 2 N–H and O–H groups in total. The molecule has 41 heavy (non-hydrogen) atoms. The summed E-state index contributed by atoms with van der Waals surface area (Å²) in [5.74, 6) is 1.83. The van der Waals surface area contributed by atoms with Crippen molar-refractivity contribution in [2.24, 2.45) is 0 Å². The van der Waals surface area contributed by atoms with E-state index in [9.17, 15) is 4.79 Å². The first-order valence-corrected chi connectivity index (χ1v) is 14.2. The lowest BCUT2D eigenvalue weighted by molar-refractivity contribution is 0.0843. The number of pyridine rings is 1. The number of carbonyl (C=O) groups excluding carboxylic acids is 1. The molecule has 1 atom stereocenters. The summed E-state index contributed by atoms with van der Waals surface area (Å²) in [7, 11) is 0. The predicted octanol–water partition coefficient (Wildman–Crippen LogP) is 7.86. The smallest absolute Gasteiger partial charge is 0.323 e. The topological polar surface area (TPSA) is 75.7 Å². The van der Waals surface area contributed by atoms with E-state index in [1.54, 1.807) is 18.3 Å². The van der Waals surface area contributed by atoms with E-state index < -0.39 is 0 Å². The van der Waals surface area contributed by atoms with Crippen LogP contribution in [0.5, 0.6) is 17.4 Å². The minimum Gasteiger partial charge on any atom is -0.489 e. The number of hydrogen-bond acceptors (Lipinski definition) is 5. The van der Waals surface area contributed by atoms with Gasteiger partial charge in [-0.3, -0.25) is 4.90 Å². The van der Waals surface area contributed by atoms with Gasteiger partial charge in [-0.05, 0) is 72.8 Å². The summed E-state index contributed by atoms with van der Waals surface area (Å²) in [6.45, 7) is 9.31. The lowest BCUT2D eigenvalue weighted by atomic mass is 9.86. The van der Waals surface area contributed by atoms with Crippen LogP contribution in [0.15, 0.2) is 97.2 Å². The molecule has 0 bridgehead atoms. The minimum atomic E-state index is -0.385. The number of benzene rings is 3. The number of piperidine rings is 1. The van der Waals surface area contributed by atoms with Gasteiger partial charge in [0, 0.05) is 30.5 Å². The van der Waals surface area contributed by atoms with Crippen LogP contribution >= 0.6 is 0 Å². The number of carbonyl (C=O) groups is 1. The molecule has 4 aromatic rings. The molecule has 2 heterocycles. The molecule has 1 aliphatic rings. The Morgan fingerprint density at radius 3 is 2.46 bits per heavy atom. The van der Waals surface area contributed by atoms with Crippen LogP contribution in [-0.2, 0) is 12.0 Å². The van der Waals surface area contributed by atoms with E-state index in [1.165, 1.54) is 5.56 Å². The molecule has 1 saturated heterocycles. The summed E-state index contributed by atoms with van der Waals surface area (Å²) in [4.78, 5) is 19.7. The highest BCUT2D eigenvalue weighted by atomic mass is 16.5. The number of rotatable bonds is 8. The molecule has 0 unspecified atom stereocenters. The van der Waals surface area contributed by atoms with Gasteiger partial charge < -0.3 is 20.1 Å². The van der Waals surface area contributed by atoms with E-state index >= 15 is 0 Å². The molecule has 1 fully saturated rings. The van der Waals surface area contributed by atoms with E-state index in [2.05, 4.69) is 65.6 Å². The highest BCUT2D eigenvalue weighted by Gasteiger charge is 2.22. The maximum Gasteiger partial charge on any atom is 0.323 e. The van der Waals surface area contributed by atoms with Crippen molar-refractivity contribution < 1.29 is 14.3 Å². The lowest BCUT2D eigenvalue weighted by Crippen LogP contribution is -2.40. The van der Waals surface area contributed by atoms with Crippen molar-refractivity contribution in [3.8, 4) is 17.4 Å². The third-order valence-electron chi connectivity index (χ3n) is 7.05. The van der Waals surface area contributed by atoms with Gasteiger partial charge in [-0.2, -0.15) is 0 Å². The van der Waals surface area contributed by atoms with E-state index in [-0.39, 0.29) is 17.6 Å². The first-order chi connectivity index (χ1) is 19.8. The van der Waals surface area contributed by atoms with Crippen molar-refractivity contribution >= 4 is 17.4 Å². The Hall–Kier alpha value is -4.36. The lowest BCUT2D eigenvalue weighted by Gasteiger charge is -2.33. The molecule has 7 heteroatoms. The molecular formula is C34H38N4O3. The zero-order valence-corrected chi connectivity index (χ0v) is 24.0. The fourth-order valence-electron chi connectivity index (χ4n) is 5.04. The molecule has 1 aliphatic heterocycles. The van der Waals surface area contributed by atoms with Crippen LogP contribution in [0.4, 0.5) is 16.2 Å². The van der Waals surface area contributed by atoms with Crippen molar-refractivity contribution in [2.45, 2.75) is 51.7 Å². The summed E-state index contributed by atoms with van der Waals surface area (Å²) in [5.41, 5.74) is 3.41. The molecule has 2 amide bonds. The van der Waals surface area contributed by atoms with Gasteiger partial charge in [0.1, 0.15) is 23.3 Å². The van der Waals surface area contributed by atoms with Crippen LogP contribution in [0.25, 0.3) is 0 Å². The number of likely N-dealkylation sites (tertiary alicyclic amines) is 1. The van der Waals surface area contributed by atoms with E-state index in [1.807, 2.05) is 54.6 Å². The summed E-state index contributed by atoms with van der Waals surface area (Å²) in [6, 6.07) is 29.1. The third-order valence-corrected chi connectivity index (χ3v) is 7.05. The Morgan fingerprint density at radius 2 is 1.68 bits per heavy atom. The average molecular weight is 551 g/mol. The molecule has 0 saturated carbocycles. The third kappa shape index (κ3) is 7.86. The Labute approximate surface area is 242 Å². The highest BCUT2D eigenvalue weighted by molar-refractivity contribution is 6.00. The van der Waals surface area contributed by atoms with Gasteiger partial charge in [0.05, 0.1) is 0 Å². The van der Waals surface area contributed by atoms with Gasteiger partial charge in [-0.25, -0.2) is 9.78 Å². The van der Waals surface area contributed by atoms with Crippen molar-refractivity contribution in [3.63, 3.8) is 0 Å². The van der Waals surface area contributed by atoms with E-state index in [0.717, 1.165) is 43.8 Å². The van der Waals surface area contributed by atoms with Gasteiger partial charge in [-0.1, -0.05) is 69.3 Å². The maximum absolute atomic E-state index is 12.9. The summed E-state index contributed by atoms with van der Waals surface area (Å²) >= 11 is 0. The molecule has 3 aromatic carbocycles. The van der Waals surface area contributed by atoms with Crippen LogP contribution in [0, 0.1) is 0 Å². The fraction of sp³-hybridized carbons (Fsp3) is 0.294. The van der Waals surface area contributed by atoms with Crippen molar-refractivity contribution in [2.75, 3.05) is 23.7 Å². The zero-order valence-electron chi connectivity index (χ0n) is 24.0. The quantitative estimate of drug-likeness (QED) is 0.234. The highest BCUT2D eigenvalue weighted by Crippen LogP contribution is 2.35. The molecule has 5 rings (SSSR count). The molecule has 0 radical (unpaired) electrons. The minimum absolute atomic E-state index is 0.106. The van der Waals surface area contributed by atoms with Crippen molar-refractivity contribution in [3.05, 3.63) is 108 Å². The first kappa shape index (κ1) is 28.2. The standard InChI is InChI=1S/C34H38N4O3/c1-34(2,3)29-14-7-8-16-31(29)41-32-30(15-9-21-35-32)37-33(39)36-26-17-19-27(20-18-26)40-28-13-10-22-38(24-28)23-25-11-5-4-6-12-25/h4-9,11-12,14-21,28H,10,13,22-24H2,1-3H3,(H2,36,37,39)/t28-/m0/s1. The number of urea groups is 1. The first-order valence-electron chi connectivity index (χ1n) is 14.2. The Balaban J connectivity index is 1.16. The van der Waals surface area contributed by atoms with Crippen LogP contribution in [0.1, 0.15) is 44.7 Å². The molecular weight excluding hydrogens is 512 g/mol. The molecule has 7 nitrogen and oxygen atoms in total. The van der Waals surface area contributed by atoms with Crippen LogP contribution in [0.3, 0.4) is 0 Å². The molecule has 0 aliphatic carbocycles. The second kappa shape index (κ2) is 12.9. The van der Waals surface area contributed by atoms with Crippen LogP contribution < -0.4 is 20.1 Å². The average Bonchev–Trinajstić information content (AvgIpc) is 2.96.